The van der Waals surface area contributed by atoms with Crippen molar-refractivity contribution < 1.29 is 18.7 Å². The number of amides is 1. The number of nitrogens with one attached hydrogen (secondary N) is 1. The lowest BCUT2D eigenvalue weighted by Crippen LogP contribution is -2.44. The highest BCUT2D eigenvalue weighted by atomic mass is 35.5. The van der Waals surface area contributed by atoms with Crippen LogP contribution in [0, 0.1) is 12.7 Å². The van der Waals surface area contributed by atoms with Crippen LogP contribution in [0.15, 0.2) is 30.3 Å². The molecule has 0 aliphatic carbocycles. The molecule has 2 aromatic carbocycles. The van der Waals surface area contributed by atoms with Crippen molar-refractivity contribution in [2.75, 3.05) is 43.4 Å². The molecule has 1 amide bonds. The summed E-state index contributed by atoms with van der Waals surface area (Å²) in [4.78, 5) is 29.8. The number of piperazine rings is 1. The molecular formula is C23H27ClFN3O3. The molecule has 1 heterocycles. The molecule has 0 unspecified atom stereocenters. The normalized spacial score (nSPS) is 14.6. The maximum Gasteiger partial charge on any atom is 0.338 e. The number of hydrogen-bond donors (Lipinski definition) is 1. The zero-order valence-electron chi connectivity index (χ0n) is 18.2. The number of carbonyl (C=O) groups is 2. The number of rotatable bonds is 5. The predicted octanol–water partition coefficient (Wildman–Crippen LogP) is 4.36. The molecule has 0 bridgehead atoms. The van der Waals surface area contributed by atoms with E-state index in [0.717, 1.165) is 31.9 Å². The van der Waals surface area contributed by atoms with Gasteiger partial charge in [0.1, 0.15) is 5.82 Å². The van der Waals surface area contributed by atoms with E-state index in [1.807, 2.05) is 6.07 Å². The second kappa shape index (κ2) is 9.66. The van der Waals surface area contributed by atoms with Crippen LogP contribution in [0.5, 0.6) is 0 Å². The quantitative estimate of drug-likeness (QED) is 0.690. The first-order chi connectivity index (χ1) is 14.7. The maximum atomic E-state index is 13.8. The standard InChI is InChI=1S/C23H27ClFN3O3/c1-14(2)31-23(30)16-5-8-20(28-11-9-27(4)10-12-28)19(13-16)26-22(29)17-6-7-18(25)15(3)21(17)24/h5-8,13-14H,9-12H2,1-4H3,(H,26,29). The van der Waals surface area contributed by atoms with Crippen molar-refractivity contribution in [2.45, 2.75) is 26.9 Å². The molecule has 0 atom stereocenters. The van der Waals surface area contributed by atoms with E-state index in [0.29, 0.717) is 11.3 Å². The highest BCUT2D eigenvalue weighted by Gasteiger charge is 2.22. The van der Waals surface area contributed by atoms with Gasteiger partial charge in [-0.25, -0.2) is 9.18 Å². The third-order valence-corrected chi connectivity index (χ3v) is 5.72. The molecule has 6 nitrogen and oxygen atoms in total. The number of anilines is 2. The molecule has 3 rings (SSSR count). The largest absolute Gasteiger partial charge is 0.459 e. The van der Waals surface area contributed by atoms with E-state index in [9.17, 15) is 14.0 Å². The van der Waals surface area contributed by atoms with Gasteiger partial charge in [-0.2, -0.15) is 0 Å². The first-order valence-corrected chi connectivity index (χ1v) is 10.6. The van der Waals surface area contributed by atoms with Gasteiger partial charge in [0.05, 0.1) is 33.6 Å². The predicted molar refractivity (Wildman–Crippen MR) is 121 cm³/mol. The smallest absolute Gasteiger partial charge is 0.338 e. The number of ether oxygens (including phenoxy) is 1. The van der Waals surface area contributed by atoms with E-state index in [2.05, 4.69) is 22.2 Å². The van der Waals surface area contributed by atoms with E-state index in [4.69, 9.17) is 16.3 Å². The molecule has 1 saturated heterocycles. The van der Waals surface area contributed by atoms with E-state index in [-0.39, 0.29) is 22.3 Å². The van der Waals surface area contributed by atoms with Crippen LogP contribution >= 0.6 is 11.6 Å². The van der Waals surface area contributed by atoms with Crippen molar-refractivity contribution in [3.8, 4) is 0 Å². The Balaban J connectivity index is 1.95. The van der Waals surface area contributed by atoms with Gasteiger partial charge < -0.3 is 19.9 Å². The fourth-order valence-electron chi connectivity index (χ4n) is 3.39. The van der Waals surface area contributed by atoms with Crippen molar-refractivity contribution in [3.05, 3.63) is 57.9 Å². The highest BCUT2D eigenvalue weighted by Crippen LogP contribution is 2.31. The molecule has 31 heavy (non-hydrogen) atoms. The van der Waals surface area contributed by atoms with Gasteiger partial charge >= 0.3 is 5.97 Å². The third kappa shape index (κ3) is 5.35. The minimum Gasteiger partial charge on any atom is -0.459 e. The summed E-state index contributed by atoms with van der Waals surface area (Å²) in [5, 5.41) is 2.93. The Hall–Kier alpha value is -2.64. The van der Waals surface area contributed by atoms with Gasteiger partial charge in [0.2, 0.25) is 0 Å². The van der Waals surface area contributed by atoms with Crippen LogP contribution in [0.2, 0.25) is 5.02 Å². The number of nitrogens with zero attached hydrogens (tertiary/aromatic N) is 2. The molecular weight excluding hydrogens is 421 g/mol. The summed E-state index contributed by atoms with van der Waals surface area (Å²) < 4.78 is 19.0. The van der Waals surface area contributed by atoms with Gasteiger partial charge in [0.15, 0.2) is 0 Å². The molecule has 1 fully saturated rings. The Morgan fingerprint density at radius 2 is 1.81 bits per heavy atom. The summed E-state index contributed by atoms with van der Waals surface area (Å²) in [5.41, 5.74) is 1.99. The summed E-state index contributed by atoms with van der Waals surface area (Å²) >= 11 is 6.21. The molecule has 1 aliphatic heterocycles. The zero-order valence-corrected chi connectivity index (χ0v) is 18.9. The summed E-state index contributed by atoms with van der Waals surface area (Å²) in [6, 6.07) is 7.69. The topological polar surface area (TPSA) is 61.9 Å². The number of likely N-dealkylation sites (N-methyl/N-ethyl adjacent to an activating group) is 1. The lowest BCUT2D eigenvalue weighted by Gasteiger charge is -2.35. The Bertz CT molecular complexity index is 988. The molecule has 0 saturated carbocycles. The number of carbonyl (C=O) groups excluding carboxylic acids is 2. The van der Waals surface area contributed by atoms with E-state index in [1.165, 1.54) is 19.1 Å². The van der Waals surface area contributed by atoms with E-state index >= 15 is 0 Å². The van der Waals surface area contributed by atoms with Crippen molar-refractivity contribution >= 4 is 34.9 Å². The van der Waals surface area contributed by atoms with Crippen LogP contribution in [0.25, 0.3) is 0 Å². The second-order valence-corrected chi connectivity index (χ2v) is 8.34. The summed E-state index contributed by atoms with van der Waals surface area (Å²) in [7, 11) is 2.06. The lowest BCUT2D eigenvalue weighted by atomic mass is 10.1. The van der Waals surface area contributed by atoms with Gasteiger partial charge in [-0.3, -0.25) is 4.79 Å². The zero-order chi connectivity index (χ0) is 22.7. The van der Waals surface area contributed by atoms with Crippen molar-refractivity contribution in [1.29, 1.82) is 0 Å². The average molecular weight is 448 g/mol. The second-order valence-electron chi connectivity index (χ2n) is 7.96. The number of halogens is 2. The average Bonchev–Trinajstić information content (AvgIpc) is 2.72. The van der Waals surface area contributed by atoms with Gasteiger partial charge in [-0.05, 0) is 58.2 Å². The first kappa shape index (κ1) is 23.0. The molecule has 0 aromatic heterocycles. The molecule has 1 N–H and O–H groups in total. The van der Waals surface area contributed by atoms with Crippen LogP contribution in [0.4, 0.5) is 15.8 Å². The number of hydrogen-bond acceptors (Lipinski definition) is 5. The van der Waals surface area contributed by atoms with E-state index < -0.39 is 17.7 Å². The van der Waals surface area contributed by atoms with Crippen LogP contribution in [0.1, 0.15) is 40.1 Å². The molecule has 2 aromatic rings. The van der Waals surface area contributed by atoms with E-state index in [1.54, 1.807) is 26.0 Å². The SMILES string of the molecule is Cc1c(F)ccc(C(=O)Nc2cc(C(=O)OC(C)C)ccc2N2CCN(C)CC2)c1Cl. The fraction of sp³-hybridized carbons (Fsp3) is 0.391. The lowest BCUT2D eigenvalue weighted by molar-refractivity contribution is 0.0378. The molecule has 0 spiro atoms. The van der Waals surface area contributed by atoms with Gasteiger partial charge in [-0.15, -0.1) is 0 Å². The molecule has 1 aliphatic rings. The third-order valence-electron chi connectivity index (χ3n) is 5.23. The first-order valence-electron chi connectivity index (χ1n) is 10.2. The van der Waals surface area contributed by atoms with Crippen LogP contribution in [0.3, 0.4) is 0 Å². The van der Waals surface area contributed by atoms with Crippen LogP contribution < -0.4 is 10.2 Å². The number of esters is 1. The summed E-state index contributed by atoms with van der Waals surface area (Å²) in [6.07, 6.45) is -0.260. The minimum atomic E-state index is -0.474. The monoisotopic (exact) mass is 447 g/mol. The minimum absolute atomic E-state index is 0.0639. The molecule has 166 valence electrons. The molecule has 8 heteroatoms. The Morgan fingerprint density at radius 3 is 2.45 bits per heavy atom. The Kier molecular flexibility index (Phi) is 7.18. The summed E-state index contributed by atoms with van der Waals surface area (Å²) in [5.74, 6) is -1.41. The maximum absolute atomic E-state index is 13.8. The Labute approximate surface area is 186 Å². The number of benzene rings is 2. The van der Waals surface area contributed by atoms with Gasteiger partial charge in [-0.1, -0.05) is 11.6 Å². The van der Waals surface area contributed by atoms with Crippen molar-refractivity contribution in [3.63, 3.8) is 0 Å². The van der Waals surface area contributed by atoms with Crippen LogP contribution in [-0.4, -0.2) is 56.1 Å². The summed E-state index contributed by atoms with van der Waals surface area (Å²) in [6.45, 7) is 8.40. The Morgan fingerprint density at radius 1 is 1.13 bits per heavy atom. The van der Waals surface area contributed by atoms with Crippen LogP contribution in [-0.2, 0) is 4.74 Å². The van der Waals surface area contributed by atoms with Crippen molar-refractivity contribution in [2.24, 2.45) is 0 Å². The van der Waals surface area contributed by atoms with Crippen molar-refractivity contribution in [1.82, 2.24) is 4.90 Å². The molecule has 0 radical (unpaired) electrons. The van der Waals surface area contributed by atoms with Gasteiger partial charge in [0, 0.05) is 31.7 Å². The highest BCUT2D eigenvalue weighted by molar-refractivity contribution is 6.35. The van der Waals surface area contributed by atoms with Gasteiger partial charge in [0.25, 0.3) is 5.91 Å². The fourth-order valence-corrected chi connectivity index (χ4v) is 3.63.